The molecule has 0 unspecified atom stereocenters. The van der Waals surface area contributed by atoms with E-state index in [9.17, 15) is 0 Å². The zero-order valence-corrected chi connectivity index (χ0v) is 14.9. The third-order valence-corrected chi connectivity index (χ3v) is 4.14. The summed E-state index contributed by atoms with van der Waals surface area (Å²) < 4.78 is 0. The molecule has 0 aromatic heterocycles. The molecular formula is C20H34N2. The molecule has 0 aliphatic carbocycles. The second-order valence-corrected chi connectivity index (χ2v) is 6.09. The van der Waals surface area contributed by atoms with E-state index >= 15 is 0 Å². The van der Waals surface area contributed by atoms with Gasteiger partial charge in [0, 0.05) is 25.3 Å². The minimum absolute atomic E-state index is 0.894. The average molecular weight is 303 g/mol. The normalized spacial score (nSPS) is 18.9. The molecule has 1 rings (SSSR count). The molecule has 1 aliphatic rings. The summed E-state index contributed by atoms with van der Waals surface area (Å²) in [6.07, 6.45) is 15.3. The Hall–Kier alpha value is -1.31. The summed E-state index contributed by atoms with van der Waals surface area (Å²) >= 11 is 0. The summed E-state index contributed by atoms with van der Waals surface area (Å²) in [7, 11) is 0. The Kier molecular flexibility index (Phi) is 9.61. The molecule has 22 heavy (non-hydrogen) atoms. The third-order valence-electron chi connectivity index (χ3n) is 4.14. The molecule has 1 saturated heterocycles. The third kappa shape index (κ3) is 6.64. The quantitative estimate of drug-likeness (QED) is 0.446. The summed E-state index contributed by atoms with van der Waals surface area (Å²) in [6, 6.07) is 0. The number of allylic oxidation sites excluding steroid dienone is 4. The van der Waals surface area contributed by atoms with Crippen LogP contribution in [0, 0.1) is 0 Å². The van der Waals surface area contributed by atoms with Gasteiger partial charge < -0.3 is 4.90 Å². The molecule has 0 spiro atoms. The molecule has 0 amide bonds. The summed E-state index contributed by atoms with van der Waals surface area (Å²) in [5.41, 5.74) is 3.64. The van der Waals surface area contributed by atoms with Gasteiger partial charge in [-0.15, -0.1) is 0 Å². The smallest absolute Gasteiger partial charge is 0.0620 e. The van der Waals surface area contributed by atoms with Crippen LogP contribution in [0.2, 0.25) is 0 Å². The molecule has 2 nitrogen and oxygen atoms in total. The Balaban J connectivity index is 2.96. The summed E-state index contributed by atoms with van der Waals surface area (Å²) in [5.74, 6) is 0. The number of hydrogen-bond acceptors (Lipinski definition) is 2. The standard InChI is InChI=1S/C20H34N2/c1-5-13-18(4)20(21-14-6-2)17-19(7-3)22-15-11-9-8-10-12-16-22/h7,13,17H,3,5-6,8-12,14-16H2,1-2,4H3/b18-13+,19-17+,21-20?. The van der Waals surface area contributed by atoms with Gasteiger partial charge in [0.15, 0.2) is 0 Å². The Labute approximate surface area is 137 Å². The van der Waals surface area contributed by atoms with Crippen LogP contribution in [-0.4, -0.2) is 30.2 Å². The molecule has 124 valence electrons. The second-order valence-electron chi connectivity index (χ2n) is 6.09. The lowest BCUT2D eigenvalue weighted by molar-refractivity contribution is 0.314. The lowest BCUT2D eigenvalue weighted by Crippen LogP contribution is -2.26. The Morgan fingerprint density at radius 3 is 2.27 bits per heavy atom. The molecule has 1 fully saturated rings. The minimum Gasteiger partial charge on any atom is -0.371 e. The Morgan fingerprint density at radius 2 is 1.73 bits per heavy atom. The van der Waals surface area contributed by atoms with Crippen LogP contribution in [0.25, 0.3) is 0 Å². The van der Waals surface area contributed by atoms with Crippen LogP contribution in [0.1, 0.15) is 65.7 Å². The van der Waals surface area contributed by atoms with E-state index in [4.69, 9.17) is 4.99 Å². The number of nitrogens with zero attached hydrogens (tertiary/aromatic N) is 2. The fourth-order valence-corrected chi connectivity index (χ4v) is 2.85. The SMILES string of the molecule is C=C/C(=C\C(=NCCC)/C(C)=C/CC)N1CCCCCCC1. The Bertz CT molecular complexity index is 407. The van der Waals surface area contributed by atoms with Crippen LogP contribution in [-0.2, 0) is 0 Å². The molecule has 0 saturated carbocycles. The van der Waals surface area contributed by atoms with E-state index in [2.05, 4.69) is 44.4 Å². The predicted octanol–water partition coefficient (Wildman–Crippen LogP) is 5.53. The lowest BCUT2D eigenvalue weighted by Gasteiger charge is -2.28. The van der Waals surface area contributed by atoms with Gasteiger partial charge in [0.25, 0.3) is 0 Å². The molecule has 1 aliphatic heterocycles. The van der Waals surface area contributed by atoms with Crippen molar-refractivity contribution in [1.29, 1.82) is 0 Å². The van der Waals surface area contributed by atoms with Gasteiger partial charge in [-0.1, -0.05) is 45.8 Å². The fraction of sp³-hybridized carbons (Fsp3) is 0.650. The molecular weight excluding hydrogens is 268 g/mol. The van der Waals surface area contributed by atoms with Crippen molar-refractivity contribution in [3.05, 3.63) is 36.1 Å². The first-order valence-corrected chi connectivity index (χ1v) is 9.03. The highest BCUT2D eigenvalue weighted by Crippen LogP contribution is 2.16. The van der Waals surface area contributed by atoms with Crippen molar-refractivity contribution in [1.82, 2.24) is 4.90 Å². The summed E-state index contributed by atoms with van der Waals surface area (Å²) in [4.78, 5) is 7.28. The van der Waals surface area contributed by atoms with Crippen LogP contribution in [0.15, 0.2) is 41.1 Å². The molecule has 0 aromatic rings. The zero-order chi connectivity index (χ0) is 16.2. The monoisotopic (exact) mass is 302 g/mol. The van der Waals surface area contributed by atoms with Gasteiger partial charge in [0.2, 0.25) is 0 Å². The first-order chi connectivity index (χ1) is 10.7. The predicted molar refractivity (Wildman–Crippen MR) is 99.6 cm³/mol. The maximum atomic E-state index is 4.78. The van der Waals surface area contributed by atoms with Gasteiger partial charge >= 0.3 is 0 Å². The van der Waals surface area contributed by atoms with E-state index in [1.165, 1.54) is 43.4 Å². The highest BCUT2D eigenvalue weighted by atomic mass is 15.1. The molecule has 0 bridgehead atoms. The van der Waals surface area contributed by atoms with Gasteiger partial charge in [-0.2, -0.15) is 0 Å². The van der Waals surface area contributed by atoms with Crippen LogP contribution in [0.4, 0.5) is 0 Å². The van der Waals surface area contributed by atoms with Crippen molar-refractivity contribution in [3.63, 3.8) is 0 Å². The molecule has 0 atom stereocenters. The van der Waals surface area contributed by atoms with Gasteiger partial charge in [-0.05, 0) is 50.3 Å². The summed E-state index contributed by atoms with van der Waals surface area (Å²) in [6.45, 7) is 13.8. The lowest BCUT2D eigenvalue weighted by atomic mass is 10.1. The second kappa shape index (κ2) is 11.3. The maximum Gasteiger partial charge on any atom is 0.0620 e. The fourth-order valence-electron chi connectivity index (χ4n) is 2.85. The van der Waals surface area contributed by atoms with Crippen molar-refractivity contribution in [2.75, 3.05) is 19.6 Å². The van der Waals surface area contributed by atoms with Crippen molar-refractivity contribution in [2.24, 2.45) is 4.99 Å². The number of likely N-dealkylation sites (tertiary alicyclic amines) is 1. The Morgan fingerprint density at radius 1 is 1.09 bits per heavy atom. The van der Waals surface area contributed by atoms with E-state index in [1.54, 1.807) is 0 Å². The topological polar surface area (TPSA) is 15.6 Å². The van der Waals surface area contributed by atoms with Gasteiger partial charge in [0.05, 0.1) is 5.71 Å². The van der Waals surface area contributed by atoms with Gasteiger partial charge in [-0.3, -0.25) is 4.99 Å². The van der Waals surface area contributed by atoms with Crippen molar-refractivity contribution in [2.45, 2.75) is 65.7 Å². The van der Waals surface area contributed by atoms with Gasteiger partial charge in [-0.25, -0.2) is 0 Å². The van der Waals surface area contributed by atoms with Crippen molar-refractivity contribution >= 4 is 5.71 Å². The largest absolute Gasteiger partial charge is 0.371 e. The molecule has 1 heterocycles. The van der Waals surface area contributed by atoms with E-state index < -0.39 is 0 Å². The molecule has 2 heteroatoms. The molecule has 0 N–H and O–H groups in total. The number of hydrogen-bond donors (Lipinski definition) is 0. The number of rotatable bonds is 7. The maximum absolute atomic E-state index is 4.78. The first kappa shape index (κ1) is 18.7. The zero-order valence-electron chi connectivity index (χ0n) is 14.9. The highest BCUT2D eigenvalue weighted by molar-refractivity contribution is 6.08. The minimum atomic E-state index is 0.894. The number of aliphatic imine (C=N–C) groups is 1. The van der Waals surface area contributed by atoms with Crippen molar-refractivity contribution in [3.8, 4) is 0 Å². The summed E-state index contributed by atoms with van der Waals surface area (Å²) in [5, 5.41) is 0. The van der Waals surface area contributed by atoms with E-state index in [1.807, 2.05) is 6.08 Å². The van der Waals surface area contributed by atoms with Crippen LogP contribution in [0.5, 0.6) is 0 Å². The van der Waals surface area contributed by atoms with E-state index in [-0.39, 0.29) is 0 Å². The van der Waals surface area contributed by atoms with E-state index in [0.717, 1.165) is 38.2 Å². The molecule has 0 aromatic carbocycles. The molecule has 0 radical (unpaired) electrons. The van der Waals surface area contributed by atoms with Crippen molar-refractivity contribution < 1.29 is 0 Å². The average Bonchev–Trinajstić information content (AvgIpc) is 2.48. The van der Waals surface area contributed by atoms with E-state index in [0.29, 0.717) is 0 Å². The highest BCUT2D eigenvalue weighted by Gasteiger charge is 2.10. The van der Waals surface area contributed by atoms with Crippen LogP contribution in [0.3, 0.4) is 0 Å². The van der Waals surface area contributed by atoms with Crippen LogP contribution < -0.4 is 0 Å². The van der Waals surface area contributed by atoms with Crippen LogP contribution >= 0.6 is 0 Å². The van der Waals surface area contributed by atoms with Gasteiger partial charge in [0.1, 0.15) is 0 Å². The first-order valence-electron chi connectivity index (χ1n) is 9.03.